The van der Waals surface area contributed by atoms with E-state index in [1.807, 2.05) is 0 Å². The molecule has 0 bridgehead atoms. The lowest BCUT2D eigenvalue weighted by atomic mass is 9.95. The van der Waals surface area contributed by atoms with Gasteiger partial charge < -0.3 is 5.73 Å². The van der Waals surface area contributed by atoms with E-state index in [4.69, 9.17) is 5.73 Å². The van der Waals surface area contributed by atoms with Crippen LogP contribution in [0.3, 0.4) is 0 Å². The third-order valence-corrected chi connectivity index (χ3v) is 4.78. The topological polar surface area (TPSA) is 29.3 Å². The van der Waals surface area contributed by atoms with Crippen molar-refractivity contribution >= 4 is 12.4 Å². The van der Waals surface area contributed by atoms with E-state index in [0.717, 1.165) is 19.6 Å². The number of benzene rings is 2. The second-order valence-electron chi connectivity index (χ2n) is 6.23. The molecule has 0 spiro atoms. The highest BCUT2D eigenvalue weighted by molar-refractivity contribution is 5.85. The molecule has 1 aliphatic heterocycles. The van der Waals surface area contributed by atoms with Crippen molar-refractivity contribution < 1.29 is 0 Å². The van der Waals surface area contributed by atoms with Gasteiger partial charge in [0.05, 0.1) is 0 Å². The first-order valence-electron chi connectivity index (χ1n) is 7.73. The van der Waals surface area contributed by atoms with E-state index in [1.54, 1.807) is 0 Å². The molecule has 0 saturated carbocycles. The molecule has 1 saturated heterocycles. The number of rotatable bonds is 3. The zero-order chi connectivity index (χ0) is 14.8. The molecule has 0 amide bonds. The van der Waals surface area contributed by atoms with Crippen LogP contribution in [-0.4, -0.2) is 24.0 Å². The van der Waals surface area contributed by atoms with Gasteiger partial charge in [-0.1, -0.05) is 48.5 Å². The van der Waals surface area contributed by atoms with Crippen LogP contribution in [0.5, 0.6) is 0 Å². The second kappa shape index (κ2) is 7.28. The summed E-state index contributed by atoms with van der Waals surface area (Å²) in [6, 6.07) is 17.5. The maximum atomic E-state index is 6.38. The monoisotopic (exact) mass is 316 g/mol. The van der Waals surface area contributed by atoms with Gasteiger partial charge in [0.25, 0.3) is 0 Å². The van der Waals surface area contributed by atoms with E-state index >= 15 is 0 Å². The van der Waals surface area contributed by atoms with Crippen molar-refractivity contribution in [2.24, 2.45) is 5.73 Å². The molecule has 1 aliphatic rings. The molecule has 1 heterocycles. The summed E-state index contributed by atoms with van der Waals surface area (Å²) in [7, 11) is 0. The lowest BCUT2D eigenvalue weighted by Gasteiger charge is -2.18. The van der Waals surface area contributed by atoms with E-state index in [1.165, 1.54) is 22.3 Å². The van der Waals surface area contributed by atoms with E-state index in [2.05, 4.69) is 67.3 Å². The normalized spacial score (nSPS) is 21.6. The highest BCUT2D eigenvalue weighted by atomic mass is 35.5. The van der Waals surface area contributed by atoms with Crippen LogP contribution < -0.4 is 5.73 Å². The standard InChI is InChI=1S/C19H24N2.ClH/c1-14-7-6-10-17(15(14)2)11-21-12-18(19(20)13-21)16-8-4-3-5-9-16;/h3-10,18-19H,11-13,20H2,1-2H3;1H/t18-,19+;/m0./s1. The summed E-state index contributed by atoms with van der Waals surface area (Å²) >= 11 is 0. The fourth-order valence-electron chi connectivity index (χ4n) is 3.32. The SMILES string of the molecule is Cc1cccc(CN2C[C@@H](N)[C@H](c3ccccc3)C2)c1C.Cl. The summed E-state index contributed by atoms with van der Waals surface area (Å²) in [5.74, 6) is 0.455. The van der Waals surface area contributed by atoms with E-state index in [-0.39, 0.29) is 18.4 Å². The molecule has 2 atom stereocenters. The van der Waals surface area contributed by atoms with Crippen molar-refractivity contribution in [3.63, 3.8) is 0 Å². The Hall–Kier alpha value is -1.35. The minimum Gasteiger partial charge on any atom is -0.326 e. The molecular weight excluding hydrogens is 292 g/mol. The van der Waals surface area contributed by atoms with Crippen molar-refractivity contribution in [1.82, 2.24) is 4.90 Å². The Morgan fingerprint density at radius 2 is 1.73 bits per heavy atom. The van der Waals surface area contributed by atoms with E-state index < -0.39 is 0 Å². The van der Waals surface area contributed by atoms with Gasteiger partial charge in [0, 0.05) is 31.6 Å². The van der Waals surface area contributed by atoms with Crippen LogP contribution >= 0.6 is 12.4 Å². The molecule has 3 rings (SSSR count). The predicted molar refractivity (Wildman–Crippen MR) is 95.6 cm³/mol. The fraction of sp³-hybridized carbons (Fsp3) is 0.368. The maximum Gasteiger partial charge on any atom is 0.0250 e. The third-order valence-electron chi connectivity index (χ3n) is 4.78. The Kier molecular flexibility index (Phi) is 5.63. The Morgan fingerprint density at radius 1 is 1.00 bits per heavy atom. The molecular formula is C19H25ClN2. The number of halogens is 1. The molecule has 2 aromatic rings. The quantitative estimate of drug-likeness (QED) is 0.936. The Labute approximate surface area is 139 Å². The molecule has 3 heteroatoms. The number of likely N-dealkylation sites (tertiary alicyclic amines) is 1. The van der Waals surface area contributed by atoms with Crippen molar-refractivity contribution in [3.05, 3.63) is 70.8 Å². The molecule has 118 valence electrons. The lowest BCUT2D eigenvalue weighted by molar-refractivity contribution is 0.323. The molecule has 0 aliphatic carbocycles. The lowest BCUT2D eigenvalue weighted by Crippen LogP contribution is -2.28. The molecule has 0 radical (unpaired) electrons. The molecule has 22 heavy (non-hydrogen) atoms. The molecule has 2 N–H and O–H groups in total. The summed E-state index contributed by atoms with van der Waals surface area (Å²) in [6.45, 7) is 7.44. The first-order chi connectivity index (χ1) is 10.1. The van der Waals surface area contributed by atoms with Crippen LogP contribution in [0.4, 0.5) is 0 Å². The smallest absolute Gasteiger partial charge is 0.0250 e. The number of aryl methyl sites for hydroxylation is 1. The van der Waals surface area contributed by atoms with Gasteiger partial charge in [-0.2, -0.15) is 0 Å². The number of hydrogen-bond donors (Lipinski definition) is 1. The fourth-order valence-corrected chi connectivity index (χ4v) is 3.32. The zero-order valence-electron chi connectivity index (χ0n) is 13.3. The Balaban J connectivity index is 0.00000176. The van der Waals surface area contributed by atoms with Gasteiger partial charge in [0.2, 0.25) is 0 Å². The third kappa shape index (κ3) is 3.52. The summed E-state index contributed by atoms with van der Waals surface area (Å²) < 4.78 is 0. The van der Waals surface area contributed by atoms with Crippen LogP contribution in [0.2, 0.25) is 0 Å². The molecule has 1 fully saturated rings. The van der Waals surface area contributed by atoms with Gasteiger partial charge in [0.15, 0.2) is 0 Å². The number of nitrogens with two attached hydrogens (primary N) is 1. The van der Waals surface area contributed by atoms with Gasteiger partial charge in [-0.05, 0) is 36.1 Å². The van der Waals surface area contributed by atoms with Gasteiger partial charge in [-0.3, -0.25) is 4.90 Å². The minimum absolute atomic E-state index is 0. The summed E-state index contributed by atoms with van der Waals surface area (Å²) in [5, 5.41) is 0. The molecule has 0 unspecified atom stereocenters. The first kappa shape index (κ1) is 17.0. The van der Waals surface area contributed by atoms with Gasteiger partial charge in [-0.25, -0.2) is 0 Å². The van der Waals surface area contributed by atoms with Crippen molar-refractivity contribution in [3.8, 4) is 0 Å². The van der Waals surface area contributed by atoms with Crippen molar-refractivity contribution in [2.45, 2.75) is 32.4 Å². The maximum absolute atomic E-state index is 6.38. The van der Waals surface area contributed by atoms with Gasteiger partial charge >= 0.3 is 0 Å². The summed E-state index contributed by atoms with van der Waals surface area (Å²) in [4.78, 5) is 2.49. The van der Waals surface area contributed by atoms with Crippen LogP contribution in [0, 0.1) is 13.8 Å². The van der Waals surface area contributed by atoms with Gasteiger partial charge in [-0.15, -0.1) is 12.4 Å². The van der Waals surface area contributed by atoms with E-state index in [0.29, 0.717) is 5.92 Å². The minimum atomic E-state index is 0. The van der Waals surface area contributed by atoms with Gasteiger partial charge in [0.1, 0.15) is 0 Å². The van der Waals surface area contributed by atoms with E-state index in [9.17, 15) is 0 Å². The van der Waals surface area contributed by atoms with Crippen LogP contribution in [0.25, 0.3) is 0 Å². The van der Waals surface area contributed by atoms with Crippen molar-refractivity contribution in [2.75, 3.05) is 13.1 Å². The zero-order valence-corrected chi connectivity index (χ0v) is 14.1. The highest BCUT2D eigenvalue weighted by Crippen LogP contribution is 2.28. The molecule has 0 aromatic heterocycles. The summed E-state index contributed by atoms with van der Waals surface area (Å²) in [5.41, 5.74) is 12.0. The average Bonchev–Trinajstić information content (AvgIpc) is 2.86. The van der Waals surface area contributed by atoms with Crippen molar-refractivity contribution in [1.29, 1.82) is 0 Å². The summed E-state index contributed by atoms with van der Waals surface area (Å²) in [6.07, 6.45) is 0. The molecule has 2 aromatic carbocycles. The second-order valence-corrected chi connectivity index (χ2v) is 6.23. The predicted octanol–water partition coefficient (Wildman–Crippen LogP) is 3.65. The average molecular weight is 317 g/mol. The number of hydrogen-bond acceptors (Lipinski definition) is 2. The van der Waals surface area contributed by atoms with Crippen LogP contribution in [0.15, 0.2) is 48.5 Å². The Morgan fingerprint density at radius 3 is 2.45 bits per heavy atom. The van der Waals surface area contributed by atoms with Crippen LogP contribution in [-0.2, 0) is 6.54 Å². The highest BCUT2D eigenvalue weighted by Gasteiger charge is 2.31. The molecule has 2 nitrogen and oxygen atoms in total. The number of nitrogens with zero attached hydrogens (tertiary/aromatic N) is 1. The largest absolute Gasteiger partial charge is 0.326 e. The first-order valence-corrected chi connectivity index (χ1v) is 7.73. The Bertz CT molecular complexity index is 612. The van der Waals surface area contributed by atoms with Crippen LogP contribution in [0.1, 0.15) is 28.2 Å².